The van der Waals surface area contributed by atoms with Crippen molar-refractivity contribution >= 4 is 5.78 Å². The van der Waals surface area contributed by atoms with E-state index in [0.717, 1.165) is 11.4 Å². The molecular formula is C12H13N3O. The van der Waals surface area contributed by atoms with Crippen LogP contribution in [0.3, 0.4) is 0 Å². The van der Waals surface area contributed by atoms with Crippen LogP contribution < -0.4 is 0 Å². The van der Waals surface area contributed by atoms with Crippen molar-refractivity contribution in [1.29, 1.82) is 0 Å². The van der Waals surface area contributed by atoms with Crippen LogP contribution in [0.15, 0.2) is 24.5 Å². The van der Waals surface area contributed by atoms with E-state index >= 15 is 0 Å². The number of pyridine rings is 1. The number of aromatic nitrogens is 3. The van der Waals surface area contributed by atoms with Crippen molar-refractivity contribution in [3.05, 3.63) is 47.0 Å². The van der Waals surface area contributed by atoms with E-state index in [1.807, 2.05) is 20.9 Å². The Hall–Kier alpha value is -1.97. The summed E-state index contributed by atoms with van der Waals surface area (Å²) in [6, 6.07) is 3.52. The molecule has 0 aliphatic heterocycles. The van der Waals surface area contributed by atoms with E-state index in [-0.39, 0.29) is 5.78 Å². The van der Waals surface area contributed by atoms with Crippen molar-refractivity contribution in [2.45, 2.75) is 13.8 Å². The molecule has 0 fully saturated rings. The normalized spacial score (nSPS) is 10.4. The van der Waals surface area contributed by atoms with Crippen LogP contribution in [0.5, 0.6) is 0 Å². The topological polar surface area (TPSA) is 47.8 Å². The van der Waals surface area contributed by atoms with Crippen LogP contribution in [0.2, 0.25) is 0 Å². The van der Waals surface area contributed by atoms with Crippen molar-refractivity contribution in [2.75, 3.05) is 0 Å². The second-order valence-electron chi connectivity index (χ2n) is 3.74. The zero-order valence-electron chi connectivity index (χ0n) is 9.56. The monoisotopic (exact) mass is 215 g/mol. The average Bonchev–Trinajstić information content (AvgIpc) is 2.54. The van der Waals surface area contributed by atoms with Crippen LogP contribution in [-0.4, -0.2) is 20.5 Å². The van der Waals surface area contributed by atoms with Crippen LogP contribution in [0.25, 0.3) is 0 Å². The fourth-order valence-electron chi connectivity index (χ4n) is 1.74. The molecule has 4 nitrogen and oxygen atoms in total. The second-order valence-corrected chi connectivity index (χ2v) is 3.74. The Bertz CT molecular complexity index is 529. The van der Waals surface area contributed by atoms with Crippen molar-refractivity contribution in [1.82, 2.24) is 14.8 Å². The van der Waals surface area contributed by atoms with Crippen molar-refractivity contribution < 1.29 is 4.79 Å². The quantitative estimate of drug-likeness (QED) is 0.716. The van der Waals surface area contributed by atoms with E-state index in [1.165, 1.54) is 0 Å². The van der Waals surface area contributed by atoms with E-state index < -0.39 is 0 Å². The van der Waals surface area contributed by atoms with Crippen LogP contribution in [-0.2, 0) is 7.05 Å². The highest BCUT2D eigenvalue weighted by molar-refractivity contribution is 6.10. The summed E-state index contributed by atoms with van der Waals surface area (Å²) in [6.07, 6.45) is 3.23. The highest BCUT2D eigenvalue weighted by Crippen LogP contribution is 2.16. The largest absolute Gasteiger partial charge is 0.288 e. The van der Waals surface area contributed by atoms with Gasteiger partial charge in [0.05, 0.1) is 11.3 Å². The van der Waals surface area contributed by atoms with Gasteiger partial charge in [-0.25, -0.2) is 0 Å². The van der Waals surface area contributed by atoms with Gasteiger partial charge in [0.1, 0.15) is 0 Å². The molecule has 0 aromatic carbocycles. The van der Waals surface area contributed by atoms with Crippen molar-refractivity contribution in [3.63, 3.8) is 0 Å². The van der Waals surface area contributed by atoms with E-state index in [2.05, 4.69) is 10.1 Å². The second kappa shape index (κ2) is 3.89. The van der Waals surface area contributed by atoms with Gasteiger partial charge in [0.15, 0.2) is 5.78 Å². The standard InChI is InChI=1S/C12H13N3O/c1-8-11(9(2)15(3)14-8)12(16)10-5-4-6-13-7-10/h4-7H,1-3H3. The maximum Gasteiger partial charge on any atom is 0.198 e. The van der Waals surface area contributed by atoms with Gasteiger partial charge in [0.25, 0.3) is 0 Å². The van der Waals surface area contributed by atoms with Crippen molar-refractivity contribution in [3.8, 4) is 0 Å². The fourth-order valence-corrected chi connectivity index (χ4v) is 1.74. The van der Waals surface area contributed by atoms with Crippen LogP contribution >= 0.6 is 0 Å². The highest BCUT2D eigenvalue weighted by Gasteiger charge is 2.18. The minimum absolute atomic E-state index is 0.0174. The highest BCUT2D eigenvalue weighted by atomic mass is 16.1. The van der Waals surface area contributed by atoms with Gasteiger partial charge in [-0.1, -0.05) is 0 Å². The van der Waals surface area contributed by atoms with Crippen molar-refractivity contribution in [2.24, 2.45) is 7.05 Å². The van der Waals surface area contributed by atoms with Gasteiger partial charge in [0, 0.05) is 30.7 Å². The first-order valence-electron chi connectivity index (χ1n) is 5.06. The molecule has 0 bridgehead atoms. The number of aryl methyl sites for hydroxylation is 2. The van der Waals surface area contributed by atoms with Gasteiger partial charge in [-0.3, -0.25) is 14.5 Å². The molecule has 0 radical (unpaired) electrons. The Morgan fingerprint density at radius 1 is 1.38 bits per heavy atom. The predicted octanol–water partition coefficient (Wildman–Crippen LogP) is 1.66. The zero-order valence-corrected chi connectivity index (χ0v) is 9.56. The molecule has 2 aromatic heterocycles. The van der Waals surface area contributed by atoms with Crippen LogP contribution in [0, 0.1) is 13.8 Å². The lowest BCUT2D eigenvalue weighted by Gasteiger charge is -2.00. The number of carbonyl (C=O) groups is 1. The lowest BCUT2D eigenvalue weighted by Crippen LogP contribution is -2.05. The molecule has 16 heavy (non-hydrogen) atoms. The molecule has 82 valence electrons. The average molecular weight is 215 g/mol. The first-order chi connectivity index (χ1) is 7.61. The lowest BCUT2D eigenvalue weighted by atomic mass is 10.0. The third-order valence-corrected chi connectivity index (χ3v) is 2.66. The summed E-state index contributed by atoms with van der Waals surface area (Å²) < 4.78 is 1.72. The Kier molecular flexibility index (Phi) is 2.56. The summed E-state index contributed by atoms with van der Waals surface area (Å²) in [5.41, 5.74) is 2.91. The number of carbonyl (C=O) groups excluding carboxylic acids is 1. The van der Waals surface area contributed by atoms with E-state index in [1.54, 1.807) is 29.2 Å². The number of hydrogen-bond acceptors (Lipinski definition) is 3. The lowest BCUT2D eigenvalue weighted by molar-refractivity contribution is 0.103. The summed E-state index contributed by atoms with van der Waals surface area (Å²) in [6.45, 7) is 3.74. The summed E-state index contributed by atoms with van der Waals surface area (Å²) in [5.74, 6) is -0.0174. The van der Waals surface area contributed by atoms with Gasteiger partial charge >= 0.3 is 0 Å². The number of rotatable bonds is 2. The zero-order chi connectivity index (χ0) is 11.7. The molecule has 0 saturated heterocycles. The van der Waals surface area contributed by atoms with E-state index in [0.29, 0.717) is 11.1 Å². The summed E-state index contributed by atoms with van der Waals surface area (Å²) >= 11 is 0. The number of hydrogen-bond donors (Lipinski definition) is 0. The van der Waals surface area contributed by atoms with Gasteiger partial charge in [0.2, 0.25) is 0 Å². The fraction of sp³-hybridized carbons (Fsp3) is 0.250. The van der Waals surface area contributed by atoms with Gasteiger partial charge < -0.3 is 0 Å². The SMILES string of the molecule is Cc1nn(C)c(C)c1C(=O)c1cccnc1. The Labute approximate surface area is 93.9 Å². The summed E-state index contributed by atoms with van der Waals surface area (Å²) in [5, 5.41) is 4.23. The first kappa shape index (κ1) is 10.5. The van der Waals surface area contributed by atoms with Crippen LogP contribution in [0.1, 0.15) is 27.3 Å². The van der Waals surface area contributed by atoms with Gasteiger partial charge in [-0.15, -0.1) is 0 Å². The molecule has 0 unspecified atom stereocenters. The minimum atomic E-state index is -0.0174. The molecule has 0 amide bonds. The molecular weight excluding hydrogens is 202 g/mol. The molecule has 2 heterocycles. The molecule has 4 heteroatoms. The first-order valence-corrected chi connectivity index (χ1v) is 5.06. The molecule has 0 aliphatic rings. The predicted molar refractivity (Wildman–Crippen MR) is 60.4 cm³/mol. The molecule has 0 saturated carbocycles. The number of ketones is 1. The molecule has 0 atom stereocenters. The molecule has 0 aliphatic carbocycles. The molecule has 0 spiro atoms. The van der Waals surface area contributed by atoms with Crippen LogP contribution in [0.4, 0.5) is 0 Å². The summed E-state index contributed by atoms with van der Waals surface area (Å²) in [7, 11) is 1.84. The van der Waals surface area contributed by atoms with E-state index in [4.69, 9.17) is 0 Å². The van der Waals surface area contributed by atoms with Gasteiger partial charge in [-0.05, 0) is 26.0 Å². The third-order valence-electron chi connectivity index (χ3n) is 2.66. The molecule has 2 aromatic rings. The molecule has 0 N–H and O–H groups in total. The third kappa shape index (κ3) is 1.62. The maximum atomic E-state index is 12.2. The molecule has 2 rings (SSSR count). The smallest absolute Gasteiger partial charge is 0.198 e. The Morgan fingerprint density at radius 2 is 2.12 bits per heavy atom. The minimum Gasteiger partial charge on any atom is -0.288 e. The maximum absolute atomic E-state index is 12.2. The summed E-state index contributed by atoms with van der Waals surface area (Å²) in [4.78, 5) is 16.2. The Balaban J connectivity index is 2.50. The van der Waals surface area contributed by atoms with E-state index in [9.17, 15) is 4.79 Å². The number of nitrogens with zero attached hydrogens (tertiary/aromatic N) is 3. The Morgan fingerprint density at radius 3 is 2.62 bits per heavy atom. The van der Waals surface area contributed by atoms with Gasteiger partial charge in [-0.2, -0.15) is 5.10 Å².